The molecule has 22 heavy (non-hydrogen) atoms. The number of nitrogens with zero attached hydrogens (tertiary/aromatic N) is 3. The van der Waals surface area contributed by atoms with Crippen LogP contribution < -0.4 is 16.6 Å². The molecule has 6 nitrogen and oxygen atoms in total. The second kappa shape index (κ2) is 5.31. The first kappa shape index (κ1) is 14.3. The molecule has 0 saturated heterocycles. The topological polar surface area (TPSA) is 68.9 Å². The zero-order valence-electron chi connectivity index (χ0n) is 12.0. The highest BCUT2D eigenvalue weighted by Crippen LogP contribution is 2.27. The van der Waals surface area contributed by atoms with Gasteiger partial charge >= 0.3 is 5.69 Å². The Bertz CT molecular complexity index is 991. The summed E-state index contributed by atoms with van der Waals surface area (Å²) in [4.78, 5) is 28.6. The number of aryl methyl sites for hydroxylation is 1. The van der Waals surface area contributed by atoms with Gasteiger partial charge in [-0.1, -0.05) is 23.7 Å². The molecule has 0 aliphatic carbocycles. The Morgan fingerprint density at radius 1 is 1.05 bits per heavy atom. The van der Waals surface area contributed by atoms with Gasteiger partial charge in [0, 0.05) is 20.3 Å². The maximum absolute atomic E-state index is 12.4. The van der Waals surface area contributed by atoms with Crippen molar-refractivity contribution in [1.82, 2.24) is 14.1 Å². The Labute approximate surface area is 130 Å². The van der Waals surface area contributed by atoms with E-state index in [1.165, 1.54) is 11.6 Å². The van der Waals surface area contributed by atoms with Gasteiger partial charge in [-0.25, -0.2) is 9.78 Å². The lowest BCUT2D eigenvalue weighted by Crippen LogP contribution is -2.37. The number of nitrogens with one attached hydrogen (secondary N) is 1. The molecule has 0 atom stereocenters. The average Bonchev–Trinajstić information content (AvgIpc) is 2.53. The van der Waals surface area contributed by atoms with Crippen LogP contribution in [0, 0.1) is 0 Å². The first-order chi connectivity index (χ1) is 10.5. The fraction of sp³-hybridized carbons (Fsp3) is 0.133. The van der Waals surface area contributed by atoms with Crippen LogP contribution in [0.1, 0.15) is 0 Å². The van der Waals surface area contributed by atoms with E-state index in [1.807, 2.05) is 12.1 Å². The number of halogens is 1. The number of fused-ring (bicyclic) bond motifs is 1. The monoisotopic (exact) mass is 316 g/mol. The lowest BCUT2D eigenvalue weighted by Gasteiger charge is -2.12. The van der Waals surface area contributed by atoms with E-state index in [2.05, 4.69) is 10.3 Å². The number of pyridine rings is 1. The van der Waals surface area contributed by atoms with Crippen LogP contribution in [-0.2, 0) is 14.1 Å². The molecule has 1 aromatic carbocycles. The van der Waals surface area contributed by atoms with Crippen molar-refractivity contribution in [3.05, 3.63) is 62.4 Å². The Morgan fingerprint density at radius 2 is 1.77 bits per heavy atom. The minimum atomic E-state index is -0.417. The summed E-state index contributed by atoms with van der Waals surface area (Å²) in [6, 6.07) is 8.89. The average molecular weight is 317 g/mol. The highest BCUT2D eigenvalue weighted by atomic mass is 35.5. The lowest BCUT2D eigenvalue weighted by molar-refractivity contribution is 0.708. The van der Waals surface area contributed by atoms with Crippen molar-refractivity contribution in [1.29, 1.82) is 0 Å². The molecule has 112 valence electrons. The van der Waals surface area contributed by atoms with E-state index in [0.717, 1.165) is 4.57 Å². The predicted molar refractivity (Wildman–Crippen MR) is 87.0 cm³/mol. The van der Waals surface area contributed by atoms with Gasteiger partial charge in [-0.15, -0.1) is 0 Å². The van der Waals surface area contributed by atoms with Gasteiger partial charge in [-0.3, -0.25) is 13.9 Å². The standard InChI is InChI=1S/C15H13ClN4O2/c1-19-13-12(14(21)20(2)15(19)22)11(7-8-17-13)18-10-6-4-3-5-9(10)16/h3-8H,1-2H3,(H,17,18). The van der Waals surface area contributed by atoms with E-state index in [4.69, 9.17) is 11.6 Å². The summed E-state index contributed by atoms with van der Waals surface area (Å²) in [6.45, 7) is 0. The zero-order valence-corrected chi connectivity index (χ0v) is 12.8. The van der Waals surface area contributed by atoms with Gasteiger partial charge in [0.1, 0.15) is 5.39 Å². The molecule has 0 amide bonds. The van der Waals surface area contributed by atoms with Crippen LogP contribution in [0.5, 0.6) is 0 Å². The maximum atomic E-state index is 12.4. The summed E-state index contributed by atoms with van der Waals surface area (Å²) < 4.78 is 2.40. The molecule has 2 heterocycles. The highest BCUT2D eigenvalue weighted by molar-refractivity contribution is 6.33. The molecule has 3 rings (SSSR count). The molecular formula is C15H13ClN4O2. The number of para-hydroxylation sites is 1. The van der Waals surface area contributed by atoms with Crippen LogP contribution in [0.3, 0.4) is 0 Å². The smallest absolute Gasteiger partial charge is 0.332 e. The van der Waals surface area contributed by atoms with Crippen LogP contribution in [0.4, 0.5) is 11.4 Å². The van der Waals surface area contributed by atoms with Crippen molar-refractivity contribution in [2.45, 2.75) is 0 Å². The number of hydrogen-bond donors (Lipinski definition) is 1. The molecule has 2 aromatic heterocycles. The molecule has 0 aliphatic heterocycles. The molecule has 3 aromatic rings. The number of benzene rings is 1. The largest absolute Gasteiger partial charge is 0.353 e. The lowest BCUT2D eigenvalue weighted by atomic mass is 10.2. The second-order valence-corrected chi connectivity index (χ2v) is 5.27. The second-order valence-electron chi connectivity index (χ2n) is 4.87. The van der Waals surface area contributed by atoms with Gasteiger partial charge in [0.05, 0.1) is 16.4 Å². The van der Waals surface area contributed by atoms with Gasteiger partial charge in [-0.05, 0) is 18.2 Å². The van der Waals surface area contributed by atoms with Crippen LogP contribution in [0.25, 0.3) is 11.0 Å². The van der Waals surface area contributed by atoms with E-state index in [-0.39, 0.29) is 0 Å². The normalized spacial score (nSPS) is 10.9. The quantitative estimate of drug-likeness (QED) is 0.785. The van der Waals surface area contributed by atoms with Crippen molar-refractivity contribution in [3.63, 3.8) is 0 Å². The van der Waals surface area contributed by atoms with Gasteiger partial charge in [-0.2, -0.15) is 0 Å². The summed E-state index contributed by atoms with van der Waals surface area (Å²) in [5.74, 6) is 0. The number of hydrogen-bond acceptors (Lipinski definition) is 4. The minimum Gasteiger partial charge on any atom is -0.353 e. The molecule has 0 bridgehead atoms. The minimum absolute atomic E-state index is 0.324. The Hall–Kier alpha value is -2.60. The van der Waals surface area contributed by atoms with E-state index in [9.17, 15) is 9.59 Å². The third-order valence-electron chi connectivity index (χ3n) is 3.48. The fourth-order valence-corrected chi connectivity index (χ4v) is 2.48. The molecular weight excluding hydrogens is 304 g/mol. The Morgan fingerprint density at radius 3 is 2.50 bits per heavy atom. The van der Waals surface area contributed by atoms with E-state index in [1.54, 1.807) is 31.4 Å². The van der Waals surface area contributed by atoms with E-state index in [0.29, 0.717) is 27.4 Å². The van der Waals surface area contributed by atoms with Crippen LogP contribution in [0.2, 0.25) is 5.02 Å². The Balaban J connectivity index is 2.30. The van der Waals surface area contributed by atoms with Crippen molar-refractivity contribution in [3.8, 4) is 0 Å². The number of aromatic nitrogens is 3. The summed E-state index contributed by atoms with van der Waals surface area (Å²) >= 11 is 6.14. The molecule has 0 spiro atoms. The highest BCUT2D eigenvalue weighted by Gasteiger charge is 2.14. The van der Waals surface area contributed by atoms with E-state index < -0.39 is 11.2 Å². The van der Waals surface area contributed by atoms with Gasteiger partial charge in [0.25, 0.3) is 5.56 Å². The van der Waals surface area contributed by atoms with Gasteiger partial charge < -0.3 is 5.32 Å². The van der Waals surface area contributed by atoms with E-state index >= 15 is 0 Å². The first-order valence-electron chi connectivity index (χ1n) is 6.57. The maximum Gasteiger partial charge on any atom is 0.332 e. The van der Waals surface area contributed by atoms with Crippen molar-refractivity contribution in [2.24, 2.45) is 14.1 Å². The molecule has 0 unspecified atom stereocenters. The van der Waals surface area contributed by atoms with Crippen molar-refractivity contribution >= 4 is 34.0 Å². The Kier molecular flexibility index (Phi) is 3.46. The van der Waals surface area contributed by atoms with Crippen molar-refractivity contribution in [2.75, 3.05) is 5.32 Å². The molecule has 0 radical (unpaired) electrons. The summed E-state index contributed by atoms with van der Waals surface area (Å²) in [7, 11) is 3.02. The first-order valence-corrected chi connectivity index (χ1v) is 6.95. The third-order valence-corrected chi connectivity index (χ3v) is 3.81. The third kappa shape index (κ3) is 2.17. The number of anilines is 2. The van der Waals surface area contributed by atoms with Crippen molar-refractivity contribution < 1.29 is 0 Å². The van der Waals surface area contributed by atoms with Crippen LogP contribution in [-0.4, -0.2) is 14.1 Å². The molecule has 7 heteroatoms. The molecule has 0 aliphatic rings. The number of rotatable bonds is 2. The fourth-order valence-electron chi connectivity index (χ4n) is 2.30. The summed E-state index contributed by atoms with van der Waals surface area (Å²) in [5.41, 5.74) is 0.729. The SMILES string of the molecule is Cn1c(=O)c2c(Nc3ccccc3Cl)ccnc2n(C)c1=O. The summed E-state index contributed by atoms with van der Waals surface area (Å²) in [6.07, 6.45) is 1.54. The van der Waals surface area contributed by atoms with Gasteiger partial charge in [0.2, 0.25) is 0 Å². The summed E-state index contributed by atoms with van der Waals surface area (Å²) in [5, 5.41) is 4.01. The molecule has 1 N–H and O–H groups in total. The molecule has 0 saturated carbocycles. The van der Waals surface area contributed by atoms with Crippen LogP contribution >= 0.6 is 11.6 Å². The van der Waals surface area contributed by atoms with Gasteiger partial charge in [0.15, 0.2) is 5.65 Å². The van der Waals surface area contributed by atoms with Crippen LogP contribution in [0.15, 0.2) is 46.1 Å². The predicted octanol–water partition coefficient (Wildman–Crippen LogP) is 2.03. The molecule has 0 fully saturated rings. The zero-order chi connectivity index (χ0) is 15.9.